The summed E-state index contributed by atoms with van der Waals surface area (Å²) in [5.74, 6) is 0.548. The van der Waals surface area contributed by atoms with Gasteiger partial charge in [0.15, 0.2) is 0 Å². The molecule has 5 heteroatoms. The van der Waals surface area contributed by atoms with Crippen molar-refractivity contribution in [2.24, 2.45) is 5.92 Å². The molecule has 1 atom stereocenters. The molecule has 2 heterocycles. The molecule has 1 saturated carbocycles. The van der Waals surface area contributed by atoms with E-state index in [1.807, 2.05) is 6.20 Å². The number of hydrogen-bond donors (Lipinski definition) is 2. The minimum absolute atomic E-state index is 0.0220. The third-order valence-electron chi connectivity index (χ3n) is 3.85. The van der Waals surface area contributed by atoms with Crippen LogP contribution in [0.2, 0.25) is 0 Å². The SMILES string of the molecule is COCC(NC(=O)c1c[nH]cc1-c1ccc(C)s1)C1CC1. The van der Waals surface area contributed by atoms with Gasteiger partial charge in [-0.2, -0.15) is 0 Å². The van der Waals surface area contributed by atoms with E-state index in [2.05, 4.69) is 29.4 Å². The van der Waals surface area contributed by atoms with E-state index in [1.54, 1.807) is 24.6 Å². The number of aromatic amines is 1. The lowest BCUT2D eigenvalue weighted by molar-refractivity contribution is 0.0885. The highest BCUT2D eigenvalue weighted by atomic mass is 32.1. The van der Waals surface area contributed by atoms with E-state index in [0.29, 0.717) is 18.1 Å². The van der Waals surface area contributed by atoms with Gasteiger partial charge in [-0.3, -0.25) is 4.79 Å². The van der Waals surface area contributed by atoms with Crippen LogP contribution < -0.4 is 5.32 Å². The number of H-pyrrole nitrogens is 1. The number of nitrogens with one attached hydrogen (secondary N) is 2. The standard InChI is InChI=1S/C16H20N2O2S/c1-10-3-6-15(21-10)12-7-17-8-13(12)16(19)18-14(9-20-2)11-4-5-11/h3,6-8,11,14,17H,4-5,9H2,1-2H3,(H,18,19). The topological polar surface area (TPSA) is 54.1 Å². The first-order chi connectivity index (χ1) is 10.2. The van der Waals surface area contributed by atoms with Crippen LogP contribution in [0.3, 0.4) is 0 Å². The molecule has 1 aliphatic carbocycles. The lowest BCUT2D eigenvalue weighted by Gasteiger charge is -2.17. The Bertz CT molecular complexity index is 628. The zero-order valence-electron chi connectivity index (χ0n) is 12.3. The molecule has 1 amide bonds. The lowest BCUT2D eigenvalue weighted by atomic mass is 10.1. The van der Waals surface area contributed by atoms with Gasteiger partial charge in [0.25, 0.3) is 5.91 Å². The third-order valence-corrected chi connectivity index (χ3v) is 4.88. The van der Waals surface area contributed by atoms with Crippen LogP contribution in [0.5, 0.6) is 0 Å². The largest absolute Gasteiger partial charge is 0.383 e. The fourth-order valence-corrected chi connectivity index (χ4v) is 3.45. The van der Waals surface area contributed by atoms with Crippen LogP contribution in [0.25, 0.3) is 10.4 Å². The van der Waals surface area contributed by atoms with Gasteiger partial charge in [0.05, 0.1) is 18.2 Å². The number of aromatic nitrogens is 1. The van der Waals surface area contributed by atoms with Crippen molar-refractivity contribution >= 4 is 17.2 Å². The number of rotatable bonds is 6. The second kappa shape index (κ2) is 6.03. The molecule has 112 valence electrons. The Labute approximate surface area is 128 Å². The van der Waals surface area contributed by atoms with Crippen molar-refractivity contribution in [1.29, 1.82) is 0 Å². The van der Waals surface area contributed by atoms with Crippen LogP contribution in [0.1, 0.15) is 28.1 Å². The summed E-state index contributed by atoms with van der Waals surface area (Å²) < 4.78 is 5.22. The van der Waals surface area contributed by atoms with Crippen molar-refractivity contribution in [3.8, 4) is 10.4 Å². The highest BCUT2D eigenvalue weighted by Crippen LogP contribution is 2.34. The fraction of sp³-hybridized carbons (Fsp3) is 0.438. The molecule has 2 aromatic heterocycles. The number of aryl methyl sites for hydroxylation is 1. The monoisotopic (exact) mass is 304 g/mol. The molecule has 1 fully saturated rings. The molecule has 0 bridgehead atoms. The van der Waals surface area contributed by atoms with E-state index in [-0.39, 0.29) is 11.9 Å². The van der Waals surface area contributed by atoms with Gasteiger partial charge < -0.3 is 15.0 Å². The van der Waals surface area contributed by atoms with E-state index >= 15 is 0 Å². The molecule has 2 aromatic rings. The molecule has 0 radical (unpaired) electrons. The van der Waals surface area contributed by atoms with Gasteiger partial charge in [0.2, 0.25) is 0 Å². The molecule has 4 nitrogen and oxygen atoms in total. The second-order valence-corrected chi connectivity index (χ2v) is 6.85. The average molecular weight is 304 g/mol. The smallest absolute Gasteiger partial charge is 0.253 e. The second-order valence-electron chi connectivity index (χ2n) is 5.57. The van der Waals surface area contributed by atoms with E-state index in [1.165, 1.54) is 17.7 Å². The maximum atomic E-state index is 12.5. The van der Waals surface area contributed by atoms with Crippen LogP contribution in [-0.4, -0.2) is 30.6 Å². The Balaban J connectivity index is 1.77. The number of carbonyl (C=O) groups excluding carboxylic acids is 1. The molecule has 3 rings (SSSR count). The zero-order valence-corrected chi connectivity index (χ0v) is 13.1. The maximum Gasteiger partial charge on any atom is 0.253 e. The summed E-state index contributed by atoms with van der Waals surface area (Å²) in [7, 11) is 1.68. The Morgan fingerprint density at radius 2 is 2.29 bits per heavy atom. The minimum Gasteiger partial charge on any atom is -0.383 e. The molecule has 1 unspecified atom stereocenters. The van der Waals surface area contributed by atoms with Crippen molar-refractivity contribution < 1.29 is 9.53 Å². The molecule has 0 spiro atoms. The quantitative estimate of drug-likeness (QED) is 0.861. The first-order valence-corrected chi connectivity index (χ1v) is 8.04. The number of hydrogen-bond acceptors (Lipinski definition) is 3. The van der Waals surface area contributed by atoms with Crippen LogP contribution in [0.15, 0.2) is 24.5 Å². The van der Waals surface area contributed by atoms with Crippen molar-refractivity contribution in [3.63, 3.8) is 0 Å². The van der Waals surface area contributed by atoms with Gasteiger partial charge in [-0.15, -0.1) is 11.3 Å². The summed E-state index contributed by atoms with van der Waals surface area (Å²) >= 11 is 1.70. The molecule has 0 aliphatic heterocycles. The number of amides is 1. The summed E-state index contributed by atoms with van der Waals surface area (Å²) in [5.41, 5.74) is 1.68. The van der Waals surface area contributed by atoms with Crippen LogP contribution in [0.4, 0.5) is 0 Å². The van der Waals surface area contributed by atoms with Gasteiger partial charge in [-0.25, -0.2) is 0 Å². The summed E-state index contributed by atoms with van der Waals surface area (Å²) in [5, 5.41) is 3.12. The van der Waals surface area contributed by atoms with E-state index < -0.39 is 0 Å². The number of ether oxygens (including phenoxy) is 1. The Morgan fingerprint density at radius 1 is 1.48 bits per heavy atom. The van der Waals surface area contributed by atoms with Crippen molar-refractivity contribution in [3.05, 3.63) is 35.0 Å². The molecule has 0 saturated heterocycles. The predicted molar refractivity (Wildman–Crippen MR) is 84.7 cm³/mol. The number of carbonyl (C=O) groups is 1. The minimum atomic E-state index is -0.0220. The van der Waals surface area contributed by atoms with Gasteiger partial charge >= 0.3 is 0 Å². The first-order valence-electron chi connectivity index (χ1n) is 7.22. The fourth-order valence-electron chi connectivity index (χ4n) is 2.55. The lowest BCUT2D eigenvalue weighted by Crippen LogP contribution is -2.39. The highest BCUT2D eigenvalue weighted by Gasteiger charge is 2.32. The Hall–Kier alpha value is -1.59. The summed E-state index contributed by atoms with van der Waals surface area (Å²) in [4.78, 5) is 18.0. The van der Waals surface area contributed by atoms with E-state index in [4.69, 9.17) is 4.74 Å². The molecular formula is C16H20N2O2S. The van der Waals surface area contributed by atoms with Gasteiger partial charge in [0, 0.05) is 34.8 Å². The zero-order chi connectivity index (χ0) is 14.8. The summed E-state index contributed by atoms with van der Waals surface area (Å²) in [6.45, 7) is 2.65. The molecule has 1 aliphatic rings. The molecule has 0 aromatic carbocycles. The van der Waals surface area contributed by atoms with Crippen LogP contribution in [-0.2, 0) is 4.74 Å². The molecule has 21 heavy (non-hydrogen) atoms. The van der Waals surface area contributed by atoms with Crippen molar-refractivity contribution in [2.75, 3.05) is 13.7 Å². The average Bonchev–Trinajstić information content (AvgIpc) is 3.03. The van der Waals surface area contributed by atoms with Crippen LogP contribution >= 0.6 is 11.3 Å². The van der Waals surface area contributed by atoms with E-state index in [0.717, 1.165) is 10.4 Å². The van der Waals surface area contributed by atoms with Crippen LogP contribution in [0, 0.1) is 12.8 Å². The number of methoxy groups -OCH3 is 1. The maximum absolute atomic E-state index is 12.5. The van der Waals surface area contributed by atoms with Crippen molar-refractivity contribution in [1.82, 2.24) is 10.3 Å². The normalized spacial score (nSPS) is 15.9. The summed E-state index contributed by atoms with van der Waals surface area (Å²) in [6.07, 6.45) is 6.02. The predicted octanol–water partition coefficient (Wildman–Crippen LogP) is 3.21. The molecular weight excluding hydrogens is 284 g/mol. The van der Waals surface area contributed by atoms with E-state index in [9.17, 15) is 4.79 Å². The third kappa shape index (κ3) is 3.19. The van der Waals surface area contributed by atoms with Gasteiger partial charge in [-0.05, 0) is 37.8 Å². The van der Waals surface area contributed by atoms with Gasteiger partial charge in [0.1, 0.15) is 0 Å². The van der Waals surface area contributed by atoms with Gasteiger partial charge in [-0.1, -0.05) is 0 Å². The number of thiophene rings is 1. The summed E-state index contributed by atoms with van der Waals surface area (Å²) in [6, 6.07) is 4.26. The first kappa shape index (κ1) is 14.4. The highest BCUT2D eigenvalue weighted by molar-refractivity contribution is 7.15. The Morgan fingerprint density at radius 3 is 2.90 bits per heavy atom. The van der Waals surface area contributed by atoms with Crippen molar-refractivity contribution in [2.45, 2.75) is 25.8 Å². The Kier molecular flexibility index (Phi) is 4.12. The molecule has 2 N–H and O–H groups in total.